The van der Waals surface area contributed by atoms with Crippen LogP contribution in [0.15, 0.2) is 27.9 Å². The van der Waals surface area contributed by atoms with Gasteiger partial charge in [-0.05, 0) is 36.3 Å². The van der Waals surface area contributed by atoms with E-state index < -0.39 is 23.1 Å². The summed E-state index contributed by atoms with van der Waals surface area (Å²) in [6.45, 7) is 3.17. The predicted octanol–water partition coefficient (Wildman–Crippen LogP) is 0.973. The first kappa shape index (κ1) is 17.1. The van der Waals surface area contributed by atoms with Gasteiger partial charge in [0.15, 0.2) is 0 Å². The Hall–Kier alpha value is -3.70. The molecule has 0 saturated heterocycles. The van der Waals surface area contributed by atoms with Crippen molar-refractivity contribution in [2.75, 3.05) is 5.73 Å². The Labute approximate surface area is 144 Å². The van der Waals surface area contributed by atoms with Crippen LogP contribution in [0.1, 0.15) is 28.7 Å². The topological polar surface area (TPSA) is 137 Å². The van der Waals surface area contributed by atoms with Gasteiger partial charge < -0.3 is 5.73 Å². The molecule has 0 bridgehead atoms. The minimum Gasteiger partial charge on any atom is -0.378 e. The zero-order valence-electron chi connectivity index (χ0n) is 13.6. The molecule has 3 rings (SSSR count). The van der Waals surface area contributed by atoms with E-state index in [0.717, 1.165) is 18.2 Å². The number of carbonyl (C=O) groups excluding carboxylic acids is 1. The molecule has 0 spiro atoms. The zero-order chi connectivity index (χ0) is 18.8. The molecule has 0 unspecified atom stereocenters. The van der Waals surface area contributed by atoms with Gasteiger partial charge in [-0.2, -0.15) is 9.78 Å². The largest absolute Gasteiger partial charge is 0.378 e. The Morgan fingerprint density at radius 2 is 2.00 bits per heavy atom. The number of halogens is 2. The average Bonchev–Trinajstić information content (AvgIpc) is 3.17. The summed E-state index contributed by atoms with van der Waals surface area (Å²) in [7, 11) is 0. The summed E-state index contributed by atoms with van der Waals surface area (Å²) < 4.78 is 33.0. The third-order valence-electron chi connectivity index (χ3n) is 3.39. The summed E-state index contributed by atoms with van der Waals surface area (Å²) in [5, 5.41) is 18.7. The van der Waals surface area contributed by atoms with Gasteiger partial charge in [-0.1, -0.05) is 11.3 Å². The maximum atomic E-state index is 13.6. The van der Waals surface area contributed by atoms with Gasteiger partial charge in [0.2, 0.25) is 11.6 Å². The maximum absolute atomic E-state index is 13.6. The molecule has 0 fully saturated rings. The molecule has 0 aliphatic heterocycles. The summed E-state index contributed by atoms with van der Waals surface area (Å²) in [4.78, 5) is 12.0. The molecule has 2 heterocycles. The normalized spacial score (nSPS) is 11.6. The van der Waals surface area contributed by atoms with Crippen molar-refractivity contribution in [1.82, 2.24) is 30.7 Å². The highest BCUT2D eigenvalue weighted by molar-refractivity contribution is 6.00. The fourth-order valence-corrected chi connectivity index (χ4v) is 2.22. The molecule has 3 aromatic rings. The Bertz CT molecular complexity index is 990. The van der Waals surface area contributed by atoms with Gasteiger partial charge in [-0.25, -0.2) is 18.8 Å². The number of nitrogens with two attached hydrogens (primary N) is 1. The summed E-state index contributed by atoms with van der Waals surface area (Å²) in [6, 6.07) is 3.09. The van der Waals surface area contributed by atoms with Crippen LogP contribution in [0.4, 0.5) is 14.6 Å². The van der Waals surface area contributed by atoms with Gasteiger partial charge in [-0.3, -0.25) is 4.79 Å². The van der Waals surface area contributed by atoms with E-state index in [0.29, 0.717) is 11.4 Å². The fourth-order valence-electron chi connectivity index (χ4n) is 2.22. The predicted molar refractivity (Wildman–Crippen MR) is 84.4 cm³/mol. The lowest BCUT2D eigenvalue weighted by Crippen LogP contribution is -2.23. The van der Waals surface area contributed by atoms with E-state index in [1.807, 2.05) is 0 Å². The molecule has 1 amide bonds. The van der Waals surface area contributed by atoms with Gasteiger partial charge in [0.05, 0.1) is 11.4 Å². The van der Waals surface area contributed by atoms with Crippen molar-refractivity contribution in [3.05, 3.63) is 46.8 Å². The van der Waals surface area contributed by atoms with E-state index >= 15 is 0 Å². The lowest BCUT2D eigenvalue weighted by Gasteiger charge is -2.06. The number of carbonyl (C=O) groups is 1. The number of aromatic nitrogens is 5. The van der Waals surface area contributed by atoms with Crippen molar-refractivity contribution < 1.29 is 18.2 Å². The van der Waals surface area contributed by atoms with Crippen molar-refractivity contribution in [1.29, 1.82) is 0 Å². The van der Waals surface area contributed by atoms with Gasteiger partial charge in [0.25, 0.3) is 5.91 Å². The zero-order valence-corrected chi connectivity index (χ0v) is 13.6. The fraction of sp³-hybridized carbons (Fsp3) is 0.143. The summed E-state index contributed by atoms with van der Waals surface area (Å²) >= 11 is 0. The van der Waals surface area contributed by atoms with Crippen LogP contribution in [0, 0.1) is 18.6 Å². The molecule has 12 heteroatoms. The van der Waals surface area contributed by atoms with E-state index in [4.69, 9.17) is 5.73 Å². The number of hydrazone groups is 1. The quantitative estimate of drug-likeness (QED) is 0.521. The van der Waals surface area contributed by atoms with Crippen LogP contribution in [-0.4, -0.2) is 36.9 Å². The van der Waals surface area contributed by atoms with Crippen LogP contribution in [0.2, 0.25) is 0 Å². The van der Waals surface area contributed by atoms with Gasteiger partial charge in [-0.15, -0.1) is 5.10 Å². The second-order valence-corrected chi connectivity index (χ2v) is 5.14. The number of hydrogen-bond acceptors (Lipinski definition) is 8. The number of rotatable bonds is 4. The summed E-state index contributed by atoms with van der Waals surface area (Å²) in [5.41, 5.74) is 8.02. The Morgan fingerprint density at radius 1 is 1.31 bits per heavy atom. The number of aryl methyl sites for hydroxylation is 1. The molecule has 3 N–H and O–H groups in total. The van der Waals surface area contributed by atoms with Crippen molar-refractivity contribution >= 4 is 17.4 Å². The standard InChI is InChI=1S/C14H12F2N8O2/c1-6(18-20-14(25)10-8(15)4-3-5-9(10)16)11-7(2)19-23-24(11)13-12(17)21-26-22-13/h3-5H,1-2H3,(H2,17,21)(H,20,25). The van der Waals surface area contributed by atoms with Crippen LogP contribution >= 0.6 is 0 Å². The van der Waals surface area contributed by atoms with Crippen LogP contribution in [0.5, 0.6) is 0 Å². The highest BCUT2D eigenvalue weighted by Crippen LogP contribution is 2.16. The molecular weight excluding hydrogens is 350 g/mol. The highest BCUT2D eigenvalue weighted by atomic mass is 19.1. The lowest BCUT2D eigenvalue weighted by molar-refractivity contribution is 0.0946. The van der Waals surface area contributed by atoms with Gasteiger partial charge >= 0.3 is 0 Å². The van der Waals surface area contributed by atoms with E-state index in [-0.39, 0.29) is 17.3 Å². The van der Waals surface area contributed by atoms with Crippen molar-refractivity contribution in [3.63, 3.8) is 0 Å². The number of benzene rings is 1. The molecule has 26 heavy (non-hydrogen) atoms. The van der Waals surface area contributed by atoms with Crippen LogP contribution in [0.25, 0.3) is 5.82 Å². The van der Waals surface area contributed by atoms with Crippen LogP contribution < -0.4 is 11.2 Å². The minimum atomic E-state index is -1.04. The minimum absolute atomic E-state index is 0.0265. The number of anilines is 1. The number of nitrogens with zero attached hydrogens (tertiary/aromatic N) is 6. The first-order chi connectivity index (χ1) is 12.4. The van der Waals surface area contributed by atoms with E-state index in [1.54, 1.807) is 6.92 Å². The molecular formula is C14H12F2N8O2. The molecule has 2 aromatic heterocycles. The molecule has 0 aliphatic carbocycles. The third kappa shape index (κ3) is 2.99. The second kappa shape index (κ2) is 6.66. The molecule has 1 aromatic carbocycles. The smallest absolute Gasteiger partial charge is 0.277 e. The maximum Gasteiger partial charge on any atom is 0.277 e. The number of amides is 1. The monoisotopic (exact) mass is 362 g/mol. The second-order valence-electron chi connectivity index (χ2n) is 5.14. The first-order valence-electron chi connectivity index (χ1n) is 7.20. The molecule has 0 aliphatic rings. The highest BCUT2D eigenvalue weighted by Gasteiger charge is 2.21. The molecule has 10 nitrogen and oxygen atoms in total. The Balaban J connectivity index is 1.91. The first-order valence-corrected chi connectivity index (χ1v) is 7.20. The summed E-state index contributed by atoms with van der Waals surface area (Å²) in [5.74, 6) is -2.98. The number of nitrogens with one attached hydrogen (secondary N) is 1. The van der Waals surface area contributed by atoms with E-state index in [9.17, 15) is 13.6 Å². The summed E-state index contributed by atoms with van der Waals surface area (Å²) in [6.07, 6.45) is 0. The van der Waals surface area contributed by atoms with Crippen molar-refractivity contribution in [3.8, 4) is 5.82 Å². The van der Waals surface area contributed by atoms with Crippen LogP contribution in [-0.2, 0) is 0 Å². The number of hydrogen-bond donors (Lipinski definition) is 2. The Kier molecular flexibility index (Phi) is 4.39. The van der Waals surface area contributed by atoms with Crippen LogP contribution in [0.3, 0.4) is 0 Å². The average molecular weight is 362 g/mol. The van der Waals surface area contributed by atoms with Crippen molar-refractivity contribution in [2.24, 2.45) is 5.10 Å². The molecule has 0 radical (unpaired) electrons. The number of nitrogen functional groups attached to an aromatic ring is 1. The lowest BCUT2D eigenvalue weighted by atomic mass is 10.2. The molecule has 0 saturated carbocycles. The third-order valence-corrected chi connectivity index (χ3v) is 3.39. The van der Waals surface area contributed by atoms with Gasteiger partial charge in [0, 0.05) is 0 Å². The van der Waals surface area contributed by atoms with E-state index in [2.05, 4.69) is 35.8 Å². The SMILES string of the molecule is CC(=NNC(=O)c1c(F)cccc1F)c1c(C)nnn1-c1nonc1N. The van der Waals surface area contributed by atoms with E-state index in [1.165, 1.54) is 11.6 Å². The molecule has 0 atom stereocenters. The molecule has 134 valence electrons. The van der Waals surface area contributed by atoms with Gasteiger partial charge in [0.1, 0.15) is 22.9 Å². The Morgan fingerprint density at radius 3 is 2.62 bits per heavy atom. The van der Waals surface area contributed by atoms with Crippen molar-refractivity contribution in [2.45, 2.75) is 13.8 Å².